The predicted octanol–water partition coefficient (Wildman–Crippen LogP) is 7.67. The summed E-state index contributed by atoms with van der Waals surface area (Å²) in [6.45, 7) is 8.22. The van der Waals surface area contributed by atoms with Crippen molar-refractivity contribution in [1.29, 1.82) is 0 Å². The maximum Gasteiger partial charge on any atom is 0.255 e. The van der Waals surface area contributed by atoms with Crippen molar-refractivity contribution < 1.29 is 33.1 Å². The number of carbonyl (C=O) groups excluding carboxylic acids is 5. The summed E-state index contributed by atoms with van der Waals surface area (Å²) in [4.78, 5) is 69.9. The van der Waals surface area contributed by atoms with Crippen LogP contribution in [-0.2, 0) is 26.3 Å². The molecule has 3 saturated heterocycles. The lowest BCUT2D eigenvalue weighted by molar-refractivity contribution is -0.137. The molecule has 5 heterocycles. The van der Waals surface area contributed by atoms with E-state index in [-0.39, 0.29) is 70.8 Å². The van der Waals surface area contributed by atoms with E-state index in [4.69, 9.17) is 27.9 Å². The van der Waals surface area contributed by atoms with E-state index < -0.39 is 35.1 Å². The minimum atomic E-state index is -0.900. The largest absolute Gasteiger partial charge is 0.495 e. The zero-order chi connectivity index (χ0) is 47.2. The normalized spacial score (nSPS) is 27.1. The van der Waals surface area contributed by atoms with Crippen molar-refractivity contribution in [2.75, 3.05) is 37.4 Å². The summed E-state index contributed by atoms with van der Waals surface area (Å²) in [5, 5.41) is 13.2. The van der Waals surface area contributed by atoms with Crippen LogP contribution in [0.15, 0.2) is 72.8 Å². The average Bonchev–Trinajstić information content (AvgIpc) is 3.65. The summed E-state index contributed by atoms with van der Waals surface area (Å²) < 4.78 is 22.1. The Hall–Kier alpha value is -5.94. The Morgan fingerprint density at radius 1 is 1.03 bits per heavy atom. The van der Waals surface area contributed by atoms with Gasteiger partial charge in [-0.25, -0.2) is 4.39 Å². The standard InChI is InChI=1S/C52H51Cl2FN6O6/c1-50(2,3)24-41-52(26-56-38-22-31(53)14-15-35(38)52)43(33-9-6-10-36(54)44(33)55)45(58-41)47(64)57-37-16-12-29(21-40(37)67-4)48(65)60-20-19-51(27-60)23-30(51)13-11-28-7-5-8-32-34(28)25-61(49(32)66)39-17-18-42(62)59-46(39)63/h5-10,12,14-16,21-22,30,39,41,43,45,56,58H,17-20,23-27H2,1-4H3,(H,57,64)(H,59,62,63)/t30-,39-,41+,43+,45-,51?,52+/m1/s1. The Balaban J connectivity index is 0.854. The number of piperidine rings is 1. The quantitative estimate of drug-likeness (QED) is 0.109. The highest BCUT2D eigenvalue weighted by molar-refractivity contribution is 6.31. The fourth-order valence-corrected chi connectivity index (χ4v) is 11.9. The number of carbonyl (C=O) groups is 5. The molecule has 4 fully saturated rings. The van der Waals surface area contributed by atoms with Crippen molar-refractivity contribution in [3.63, 3.8) is 0 Å². The Bertz CT molecular complexity index is 2860. The third-order valence-electron chi connectivity index (χ3n) is 14.9. The van der Waals surface area contributed by atoms with Gasteiger partial charge in [0.15, 0.2) is 0 Å². The van der Waals surface area contributed by atoms with Crippen LogP contribution in [0, 0.1) is 34.4 Å². The molecule has 346 valence electrons. The van der Waals surface area contributed by atoms with Crippen LogP contribution in [0.1, 0.15) is 102 Å². The molecule has 2 spiro atoms. The first-order chi connectivity index (χ1) is 32.0. The highest BCUT2D eigenvalue weighted by Gasteiger charge is 2.62. The maximum atomic E-state index is 16.3. The maximum absolute atomic E-state index is 16.3. The van der Waals surface area contributed by atoms with Crippen molar-refractivity contribution in [3.05, 3.63) is 122 Å². The lowest BCUT2D eigenvalue weighted by Crippen LogP contribution is -2.52. The van der Waals surface area contributed by atoms with E-state index >= 15 is 4.39 Å². The lowest BCUT2D eigenvalue weighted by Gasteiger charge is -2.39. The molecule has 67 heavy (non-hydrogen) atoms. The number of imide groups is 1. The zero-order valence-corrected chi connectivity index (χ0v) is 39.2. The van der Waals surface area contributed by atoms with Gasteiger partial charge < -0.3 is 30.5 Å². The summed E-state index contributed by atoms with van der Waals surface area (Å²) in [7, 11) is 1.49. The molecule has 0 bridgehead atoms. The van der Waals surface area contributed by atoms with Gasteiger partial charge in [0.1, 0.15) is 17.6 Å². The van der Waals surface area contributed by atoms with E-state index in [0.29, 0.717) is 59.2 Å². The van der Waals surface area contributed by atoms with Crippen LogP contribution >= 0.6 is 23.2 Å². The van der Waals surface area contributed by atoms with Crippen molar-refractivity contribution in [2.45, 2.75) is 88.9 Å². The Kier molecular flexibility index (Phi) is 11.2. The molecule has 1 aliphatic carbocycles. The second-order valence-corrected chi connectivity index (χ2v) is 21.0. The van der Waals surface area contributed by atoms with E-state index in [2.05, 4.69) is 53.9 Å². The average molecular weight is 946 g/mol. The molecule has 12 nitrogen and oxygen atoms in total. The number of rotatable bonds is 7. The molecule has 4 aromatic rings. The van der Waals surface area contributed by atoms with Crippen LogP contribution in [0.2, 0.25) is 10.0 Å². The molecular formula is C52H51Cl2FN6O6. The van der Waals surface area contributed by atoms with Gasteiger partial charge in [-0.3, -0.25) is 29.3 Å². The fourth-order valence-electron chi connectivity index (χ4n) is 11.5. The van der Waals surface area contributed by atoms with Gasteiger partial charge in [0, 0.05) is 88.7 Å². The molecule has 1 unspecified atom stereocenters. The number of nitrogens with one attached hydrogen (secondary N) is 4. The Labute approximate surface area is 398 Å². The number of hydrogen-bond acceptors (Lipinski definition) is 8. The number of hydrogen-bond donors (Lipinski definition) is 4. The van der Waals surface area contributed by atoms with E-state index in [0.717, 1.165) is 35.2 Å². The van der Waals surface area contributed by atoms with Gasteiger partial charge in [0.25, 0.3) is 11.8 Å². The first-order valence-corrected chi connectivity index (χ1v) is 23.6. The molecule has 7 atom stereocenters. The van der Waals surface area contributed by atoms with Crippen LogP contribution in [0.3, 0.4) is 0 Å². The third-order valence-corrected chi connectivity index (χ3v) is 15.4. The van der Waals surface area contributed by atoms with Gasteiger partial charge >= 0.3 is 0 Å². The Morgan fingerprint density at radius 3 is 2.61 bits per heavy atom. The molecule has 6 aliphatic rings. The summed E-state index contributed by atoms with van der Waals surface area (Å²) in [6.07, 6.45) is 2.79. The Morgan fingerprint density at radius 2 is 1.84 bits per heavy atom. The van der Waals surface area contributed by atoms with Crippen LogP contribution in [0.25, 0.3) is 0 Å². The van der Waals surface area contributed by atoms with Crippen LogP contribution in [-0.4, -0.2) is 84.2 Å². The zero-order valence-electron chi connectivity index (χ0n) is 37.7. The highest BCUT2D eigenvalue weighted by atomic mass is 35.5. The van der Waals surface area contributed by atoms with Crippen LogP contribution in [0.5, 0.6) is 5.75 Å². The van der Waals surface area contributed by atoms with Crippen molar-refractivity contribution in [1.82, 2.24) is 20.4 Å². The SMILES string of the molecule is COc1cc(C(=O)N2CCC3(C[C@H]3C#Cc3cccc4c3CN([C@@H]3CCC(=O)NC3=O)C4=O)C2)ccc1NC(=O)[C@@H]1N[C@@H](CC(C)(C)C)[C@@]2(CNc3cc(Cl)ccc32)[C@H]1c1cccc(Cl)c1F. The molecule has 0 radical (unpaired) electrons. The number of halogens is 3. The summed E-state index contributed by atoms with van der Waals surface area (Å²) in [5.74, 6) is 4.31. The van der Waals surface area contributed by atoms with E-state index in [1.165, 1.54) is 18.1 Å². The van der Waals surface area contributed by atoms with Gasteiger partial charge in [0.2, 0.25) is 17.7 Å². The molecule has 4 aromatic carbocycles. The topological polar surface area (TPSA) is 149 Å². The molecule has 0 aromatic heterocycles. The fraction of sp³-hybridized carbons (Fsp3) is 0.404. The summed E-state index contributed by atoms with van der Waals surface area (Å²) >= 11 is 12.9. The first-order valence-electron chi connectivity index (χ1n) is 22.8. The molecule has 15 heteroatoms. The van der Waals surface area contributed by atoms with Gasteiger partial charge in [-0.1, -0.05) is 80.1 Å². The third kappa shape index (κ3) is 7.80. The van der Waals surface area contributed by atoms with Crippen LogP contribution in [0.4, 0.5) is 15.8 Å². The minimum Gasteiger partial charge on any atom is -0.495 e. The summed E-state index contributed by atoms with van der Waals surface area (Å²) in [6, 6.07) is 19.2. The highest BCUT2D eigenvalue weighted by Crippen LogP contribution is 2.59. The number of methoxy groups -OCH3 is 1. The lowest BCUT2D eigenvalue weighted by atomic mass is 9.63. The van der Waals surface area contributed by atoms with Crippen molar-refractivity contribution in [2.24, 2.45) is 16.7 Å². The smallest absolute Gasteiger partial charge is 0.255 e. The monoisotopic (exact) mass is 944 g/mol. The van der Waals surface area contributed by atoms with Gasteiger partial charge in [-0.2, -0.15) is 0 Å². The number of anilines is 2. The number of amides is 5. The van der Waals surface area contributed by atoms with Crippen molar-refractivity contribution >= 4 is 64.1 Å². The van der Waals surface area contributed by atoms with Gasteiger partial charge in [-0.15, -0.1) is 0 Å². The number of ether oxygens (including phenoxy) is 1. The van der Waals surface area contributed by atoms with E-state index in [1.807, 2.05) is 29.2 Å². The van der Waals surface area contributed by atoms with Gasteiger partial charge in [0.05, 0.1) is 23.9 Å². The molecule has 10 rings (SSSR count). The second-order valence-electron chi connectivity index (χ2n) is 20.2. The molecule has 1 saturated carbocycles. The summed E-state index contributed by atoms with van der Waals surface area (Å²) in [5.41, 5.74) is 3.88. The minimum absolute atomic E-state index is 0.0280. The number of likely N-dealkylation sites (tertiary alicyclic amines) is 1. The number of nitrogens with zero attached hydrogens (tertiary/aromatic N) is 2. The van der Waals surface area contributed by atoms with E-state index in [1.54, 1.807) is 42.5 Å². The second kappa shape index (κ2) is 16.7. The predicted molar refractivity (Wildman–Crippen MR) is 253 cm³/mol. The number of fused-ring (bicyclic) bond motifs is 3. The van der Waals surface area contributed by atoms with Gasteiger partial charge in [-0.05, 0) is 96.3 Å². The van der Waals surface area contributed by atoms with Crippen LogP contribution < -0.4 is 26.0 Å². The number of benzene rings is 4. The molecular weight excluding hydrogens is 895 g/mol. The molecule has 5 amide bonds. The molecule has 4 N–H and O–H groups in total. The van der Waals surface area contributed by atoms with Crippen molar-refractivity contribution in [3.8, 4) is 17.6 Å². The first kappa shape index (κ1) is 44.9. The molecule has 5 aliphatic heterocycles. The van der Waals surface area contributed by atoms with E-state index in [9.17, 15) is 24.0 Å².